The van der Waals surface area contributed by atoms with Gasteiger partial charge in [-0.2, -0.15) is 0 Å². The Morgan fingerprint density at radius 3 is 2.72 bits per heavy atom. The first-order valence-corrected chi connectivity index (χ1v) is 6.38. The van der Waals surface area contributed by atoms with Crippen molar-refractivity contribution in [2.75, 3.05) is 0 Å². The zero-order chi connectivity index (χ0) is 13.3. The highest BCUT2D eigenvalue weighted by atomic mass is 15.1. The van der Waals surface area contributed by atoms with Crippen molar-refractivity contribution in [1.29, 1.82) is 0 Å². The van der Waals surface area contributed by atoms with E-state index in [2.05, 4.69) is 35.3 Å². The van der Waals surface area contributed by atoms with Crippen LogP contribution in [0.1, 0.15) is 33.0 Å². The first kappa shape index (κ1) is 13.0. The SMILES string of the molecule is Cn1c(CC(N)CC(C)(C)C)nc2ccncc21. The third kappa shape index (κ3) is 2.88. The monoisotopic (exact) mass is 246 g/mol. The Morgan fingerprint density at radius 1 is 1.39 bits per heavy atom. The maximum atomic E-state index is 6.21. The highest BCUT2D eigenvalue weighted by Gasteiger charge is 2.18. The van der Waals surface area contributed by atoms with Gasteiger partial charge in [-0.1, -0.05) is 20.8 Å². The van der Waals surface area contributed by atoms with Crippen LogP contribution in [0.5, 0.6) is 0 Å². The minimum atomic E-state index is 0.147. The molecule has 2 aromatic heterocycles. The number of aryl methyl sites for hydroxylation is 1. The van der Waals surface area contributed by atoms with E-state index < -0.39 is 0 Å². The summed E-state index contributed by atoms with van der Waals surface area (Å²) in [7, 11) is 2.02. The van der Waals surface area contributed by atoms with Gasteiger partial charge in [0, 0.05) is 25.7 Å². The van der Waals surface area contributed by atoms with Gasteiger partial charge >= 0.3 is 0 Å². The molecule has 1 unspecified atom stereocenters. The normalized spacial score (nSPS) is 14.1. The summed E-state index contributed by atoms with van der Waals surface area (Å²) in [6, 6.07) is 2.09. The van der Waals surface area contributed by atoms with E-state index in [1.54, 1.807) is 6.20 Å². The Kier molecular flexibility index (Phi) is 3.39. The lowest BCUT2D eigenvalue weighted by Gasteiger charge is -2.22. The number of pyridine rings is 1. The van der Waals surface area contributed by atoms with E-state index in [9.17, 15) is 0 Å². The highest BCUT2D eigenvalue weighted by molar-refractivity contribution is 5.74. The molecule has 2 heterocycles. The molecule has 4 nitrogen and oxygen atoms in total. The average Bonchev–Trinajstić information content (AvgIpc) is 2.54. The number of fused-ring (bicyclic) bond motifs is 1. The smallest absolute Gasteiger partial charge is 0.111 e. The summed E-state index contributed by atoms with van der Waals surface area (Å²) in [6.07, 6.45) is 5.42. The second-order valence-corrected chi connectivity index (χ2v) is 6.18. The van der Waals surface area contributed by atoms with Gasteiger partial charge in [-0.25, -0.2) is 4.98 Å². The number of nitrogens with two attached hydrogens (primary N) is 1. The molecule has 2 aromatic rings. The van der Waals surface area contributed by atoms with Gasteiger partial charge in [0.1, 0.15) is 5.82 Å². The molecule has 0 aromatic carbocycles. The second kappa shape index (κ2) is 4.69. The summed E-state index contributed by atoms with van der Waals surface area (Å²) in [4.78, 5) is 8.76. The molecule has 0 fully saturated rings. The standard InChI is InChI=1S/C14H22N4/c1-14(2,3)8-10(15)7-13-17-11-5-6-16-9-12(11)18(13)4/h5-6,9-10H,7-8,15H2,1-4H3. The molecule has 4 heteroatoms. The lowest BCUT2D eigenvalue weighted by atomic mass is 9.87. The van der Waals surface area contributed by atoms with E-state index in [1.165, 1.54) is 0 Å². The van der Waals surface area contributed by atoms with Crippen molar-refractivity contribution in [2.45, 2.75) is 39.7 Å². The van der Waals surface area contributed by atoms with Crippen LogP contribution in [0, 0.1) is 5.41 Å². The fourth-order valence-electron chi connectivity index (χ4n) is 2.36. The fraction of sp³-hybridized carbons (Fsp3) is 0.571. The quantitative estimate of drug-likeness (QED) is 0.904. The predicted octanol–water partition coefficient (Wildman–Crippen LogP) is 2.27. The minimum Gasteiger partial charge on any atom is -0.330 e. The molecule has 0 bridgehead atoms. The van der Waals surface area contributed by atoms with E-state index in [0.29, 0.717) is 0 Å². The summed E-state index contributed by atoms with van der Waals surface area (Å²) in [6.45, 7) is 6.64. The van der Waals surface area contributed by atoms with Gasteiger partial charge in [0.05, 0.1) is 17.2 Å². The van der Waals surface area contributed by atoms with Crippen molar-refractivity contribution >= 4 is 11.0 Å². The van der Waals surface area contributed by atoms with E-state index in [4.69, 9.17) is 5.73 Å². The Balaban J connectivity index is 2.19. The molecule has 0 spiro atoms. The highest BCUT2D eigenvalue weighted by Crippen LogP contribution is 2.22. The van der Waals surface area contributed by atoms with Crippen LogP contribution in [0.25, 0.3) is 11.0 Å². The van der Waals surface area contributed by atoms with Crippen LogP contribution in [-0.4, -0.2) is 20.6 Å². The van der Waals surface area contributed by atoms with Gasteiger partial charge in [0.15, 0.2) is 0 Å². The molecule has 1 atom stereocenters. The predicted molar refractivity (Wildman–Crippen MR) is 74.3 cm³/mol. The topological polar surface area (TPSA) is 56.7 Å². The Hall–Kier alpha value is -1.42. The van der Waals surface area contributed by atoms with Gasteiger partial charge in [-0.05, 0) is 17.9 Å². The number of hydrogen-bond acceptors (Lipinski definition) is 3. The largest absolute Gasteiger partial charge is 0.330 e. The zero-order valence-electron chi connectivity index (χ0n) is 11.6. The first-order chi connectivity index (χ1) is 8.37. The van der Waals surface area contributed by atoms with E-state index in [0.717, 1.165) is 29.7 Å². The lowest BCUT2D eigenvalue weighted by Crippen LogP contribution is -2.29. The van der Waals surface area contributed by atoms with Gasteiger partial charge in [-0.3, -0.25) is 4.98 Å². The molecule has 2 N–H and O–H groups in total. The third-order valence-corrected chi connectivity index (χ3v) is 3.10. The summed E-state index contributed by atoms with van der Waals surface area (Å²) in [5.74, 6) is 1.04. The van der Waals surface area contributed by atoms with Crippen LogP contribution >= 0.6 is 0 Å². The molecule has 0 radical (unpaired) electrons. The van der Waals surface area contributed by atoms with Crippen molar-refractivity contribution in [2.24, 2.45) is 18.2 Å². The number of hydrogen-bond donors (Lipinski definition) is 1. The zero-order valence-corrected chi connectivity index (χ0v) is 11.6. The van der Waals surface area contributed by atoms with Gasteiger partial charge in [-0.15, -0.1) is 0 Å². The van der Waals surface area contributed by atoms with Gasteiger partial charge < -0.3 is 10.3 Å². The molecular weight excluding hydrogens is 224 g/mol. The molecule has 98 valence electrons. The molecule has 0 aliphatic heterocycles. The van der Waals surface area contributed by atoms with Crippen molar-refractivity contribution in [3.63, 3.8) is 0 Å². The van der Waals surface area contributed by atoms with Gasteiger partial charge in [0.2, 0.25) is 0 Å². The summed E-state index contributed by atoms with van der Waals surface area (Å²) >= 11 is 0. The first-order valence-electron chi connectivity index (χ1n) is 6.38. The molecule has 0 saturated carbocycles. The van der Waals surface area contributed by atoms with Crippen LogP contribution < -0.4 is 5.73 Å². The number of nitrogens with zero attached hydrogens (tertiary/aromatic N) is 3. The molecule has 18 heavy (non-hydrogen) atoms. The number of imidazole rings is 1. The molecule has 0 amide bonds. The second-order valence-electron chi connectivity index (χ2n) is 6.18. The molecule has 2 rings (SSSR count). The Morgan fingerprint density at radius 2 is 2.11 bits per heavy atom. The molecular formula is C14H22N4. The maximum absolute atomic E-state index is 6.21. The van der Waals surface area contributed by atoms with Crippen LogP contribution in [0.4, 0.5) is 0 Å². The van der Waals surface area contributed by atoms with E-state index in [-0.39, 0.29) is 11.5 Å². The Bertz CT molecular complexity index is 536. The molecule has 0 aliphatic carbocycles. The summed E-state index contributed by atoms with van der Waals surface area (Å²) in [5, 5.41) is 0. The Labute approximate surface area is 108 Å². The maximum Gasteiger partial charge on any atom is 0.111 e. The van der Waals surface area contributed by atoms with E-state index in [1.807, 2.05) is 19.3 Å². The minimum absolute atomic E-state index is 0.147. The third-order valence-electron chi connectivity index (χ3n) is 3.10. The van der Waals surface area contributed by atoms with Crippen molar-refractivity contribution < 1.29 is 0 Å². The van der Waals surface area contributed by atoms with Crippen molar-refractivity contribution in [1.82, 2.24) is 14.5 Å². The summed E-state index contributed by atoms with van der Waals surface area (Å²) in [5.41, 5.74) is 8.53. The van der Waals surface area contributed by atoms with Gasteiger partial charge in [0.25, 0.3) is 0 Å². The molecule has 0 aliphatic rings. The number of aromatic nitrogens is 3. The summed E-state index contributed by atoms with van der Waals surface area (Å²) < 4.78 is 2.09. The number of rotatable bonds is 3. The lowest BCUT2D eigenvalue weighted by molar-refractivity contribution is 0.335. The molecule has 0 saturated heterocycles. The fourth-order valence-corrected chi connectivity index (χ4v) is 2.36. The van der Waals surface area contributed by atoms with Crippen molar-refractivity contribution in [3.8, 4) is 0 Å². The average molecular weight is 246 g/mol. The van der Waals surface area contributed by atoms with Crippen LogP contribution in [0.3, 0.4) is 0 Å². The van der Waals surface area contributed by atoms with Crippen LogP contribution in [0.2, 0.25) is 0 Å². The van der Waals surface area contributed by atoms with Crippen LogP contribution in [-0.2, 0) is 13.5 Å². The van der Waals surface area contributed by atoms with Crippen LogP contribution in [0.15, 0.2) is 18.5 Å². The van der Waals surface area contributed by atoms with E-state index >= 15 is 0 Å². The van der Waals surface area contributed by atoms with Crippen molar-refractivity contribution in [3.05, 3.63) is 24.3 Å².